The van der Waals surface area contributed by atoms with Crippen LogP contribution >= 0.6 is 11.8 Å². The minimum Gasteiger partial charge on any atom is -0.378 e. The topological polar surface area (TPSA) is 84.2 Å². The molecule has 0 unspecified atom stereocenters. The van der Waals surface area contributed by atoms with Crippen molar-refractivity contribution in [1.29, 1.82) is 0 Å². The molecule has 0 fully saturated rings. The molecule has 31 heavy (non-hydrogen) atoms. The molecule has 160 valence electrons. The van der Waals surface area contributed by atoms with E-state index in [-0.39, 0.29) is 11.7 Å². The molecule has 3 rings (SSSR count). The Kier molecular flexibility index (Phi) is 8.00. The molecule has 2 N–H and O–H groups in total. The van der Waals surface area contributed by atoms with E-state index in [0.717, 1.165) is 17.1 Å². The van der Waals surface area contributed by atoms with E-state index in [1.165, 1.54) is 22.9 Å². The van der Waals surface area contributed by atoms with Gasteiger partial charge in [0.05, 0.1) is 18.5 Å². The number of anilines is 1. The van der Waals surface area contributed by atoms with Crippen LogP contribution in [0.5, 0.6) is 0 Å². The van der Waals surface area contributed by atoms with Gasteiger partial charge in [-0.2, -0.15) is 5.10 Å². The Morgan fingerprint density at radius 2 is 1.77 bits per heavy atom. The molecular weight excluding hydrogens is 408 g/mol. The van der Waals surface area contributed by atoms with E-state index in [0.29, 0.717) is 18.2 Å². The lowest BCUT2D eigenvalue weighted by Gasteiger charge is -2.09. The first-order valence-electron chi connectivity index (χ1n) is 9.90. The quantitative estimate of drug-likeness (QED) is 0.219. The number of hydrazone groups is 1. The molecular formula is C23H26N6OS. The van der Waals surface area contributed by atoms with E-state index in [9.17, 15) is 4.79 Å². The number of carbonyl (C=O) groups excluding carboxylic acids is 1. The number of benzene rings is 2. The third-order valence-corrected chi connectivity index (χ3v) is 5.39. The second kappa shape index (κ2) is 11.1. The molecule has 1 aromatic heterocycles. The van der Waals surface area contributed by atoms with Crippen LogP contribution in [0, 0.1) is 13.8 Å². The average molecular weight is 435 g/mol. The highest BCUT2D eigenvalue weighted by molar-refractivity contribution is 7.99. The summed E-state index contributed by atoms with van der Waals surface area (Å²) in [6.07, 6.45) is 3.41. The largest absolute Gasteiger partial charge is 0.378 e. The Labute approximate surface area is 186 Å². The number of nitrogens with one attached hydrogen (secondary N) is 2. The fourth-order valence-electron chi connectivity index (χ4n) is 2.72. The first kappa shape index (κ1) is 22.3. The Balaban J connectivity index is 1.54. The Morgan fingerprint density at radius 3 is 2.45 bits per heavy atom. The van der Waals surface area contributed by atoms with Crippen molar-refractivity contribution in [3.63, 3.8) is 0 Å². The van der Waals surface area contributed by atoms with Gasteiger partial charge in [0.2, 0.25) is 0 Å². The molecule has 7 nitrogen and oxygen atoms in total. The SMILES string of the molecule is C=CCn1c(CNc2ccc(C)cc2)nnc1SCC(=O)N/N=C/c1ccc(C)cc1. The van der Waals surface area contributed by atoms with Crippen molar-refractivity contribution in [3.8, 4) is 0 Å². The molecule has 0 atom stereocenters. The van der Waals surface area contributed by atoms with E-state index >= 15 is 0 Å². The predicted octanol–water partition coefficient (Wildman–Crippen LogP) is 3.94. The molecule has 1 amide bonds. The minimum atomic E-state index is -0.208. The van der Waals surface area contributed by atoms with Crippen molar-refractivity contribution in [2.75, 3.05) is 11.1 Å². The van der Waals surface area contributed by atoms with Crippen molar-refractivity contribution in [2.24, 2.45) is 5.10 Å². The number of amides is 1. The Hall–Kier alpha value is -3.39. The summed E-state index contributed by atoms with van der Waals surface area (Å²) in [7, 11) is 0. The van der Waals surface area contributed by atoms with Crippen molar-refractivity contribution < 1.29 is 4.79 Å². The minimum absolute atomic E-state index is 0.186. The van der Waals surface area contributed by atoms with Crippen LogP contribution in [0.2, 0.25) is 0 Å². The summed E-state index contributed by atoms with van der Waals surface area (Å²) in [6, 6.07) is 16.1. The van der Waals surface area contributed by atoms with Crippen molar-refractivity contribution in [1.82, 2.24) is 20.2 Å². The summed E-state index contributed by atoms with van der Waals surface area (Å²) >= 11 is 1.32. The first-order valence-corrected chi connectivity index (χ1v) is 10.9. The van der Waals surface area contributed by atoms with Gasteiger partial charge >= 0.3 is 0 Å². The van der Waals surface area contributed by atoms with Gasteiger partial charge in [-0.15, -0.1) is 16.8 Å². The van der Waals surface area contributed by atoms with E-state index < -0.39 is 0 Å². The van der Waals surface area contributed by atoms with Crippen LogP contribution in [0.15, 0.2) is 71.4 Å². The number of hydrogen-bond acceptors (Lipinski definition) is 6. The normalized spacial score (nSPS) is 10.9. The zero-order valence-corrected chi connectivity index (χ0v) is 18.5. The van der Waals surface area contributed by atoms with E-state index in [4.69, 9.17) is 0 Å². The molecule has 0 bridgehead atoms. The van der Waals surface area contributed by atoms with Gasteiger partial charge in [-0.25, -0.2) is 5.43 Å². The van der Waals surface area contributed by atoms with Gasteiger partial charge in [0.25, 0.3) is 5.91 Å². The van der Waals surface area contributed by atoms with Crippen LogP contribution in [0.25, 0.3) is 0 Å². The van der Waals surface area contributed by atoms with E-state index in [1.54, 1.807) is 12.3 Å². The molecule has 2 aromatic carbocycles. The fraction of sp³-hybridized carbons (Fsp3) is 0.217. The van der Waals surface area contributed by atoms with Gasteiger partial charge in [0.15, 0.2) is 11.0 Å². The number of thioether (sulfide) groups is 1. The maximum Gasteiger partial charge on any atom is 0.250 e. The number of rotatable bonds is 10. The maximum absolute atomic E-state index is 12.1. The molecule has 0 saturated carbocycles. The fourth-order valence-corrected chi connectivity index (χ4v) is 3.47. The molecule has 8 heteroatoms. The average Bonchev–Trinajstić information content (AvgIpc) is 3.15. The monoisotopic (exact) mass is 434 g/mol. The van der Waals surface area contributed by atoms with Crippen molar-refractivity contribution >= 4 is 29.6 Å². The summed E-state index contributed by atoms with van der Waals surface area (Å²) in [4.78, 5) is 12.1. The zero-order valence-electron chi connectivity index (χ0n) is 17.7. The van der Waals surface area contributed by atoms with E-state index in [2.05, 4.69) is 51.7 Å². The summed E-state index contributed by atoms with van der Waals surface area (Å²) in [5.74, 6) is 0.757. The number of allylic oxidation sites excluding steroid dienone is 1. The van der Waals surface area contributed by atoms with Crippen molar-refractivity contribution in [2.45, 2.75) is 32.1 Å². The van der Waals surface area contributed by atoms with Crippen LogP contribution in [0.3, 0.4) is 0 Å². The van der Waals surface area contributed by atoms with Gasteiger partial charge in [-0.3, -0.25) is 4.79 Å². The summed E-state index contributed by atoms with van der Waals surface area (Å²) < 4.78 is 1.95. The lowest BCUT2D eigenvalue weighted by atomic mass is 10.2. The van der Waals surface area contributed by atoms with Crippen molar-refractivity contribution in [3.05, 3.63) is 83.7 Å². The van der Waals surface area contributed by atoms with Crippen LogP contribution in [-0.4, -0.2) is 32.6 Å². The van der Waals surface area contributed by atoms with Gasteiger partial charge < -0.3 is 9.88 Å². The summed E-state index contributed by atoms with van der Waals surface area (Å²) in [5, 5.41) is 16.5. The van der Waals surface area contributed by atoms with Gasteiger partial charge in [0.1, 0.15) is 0 Å². The van der Waals surface area contributed by atoms with E-state index in [1.807, 2.05) is 47.9 Å². The molecule has 0 aliphatic rings. The second-order valence-corrected chi connectivity index (χ2v) is 7.95. The highest BCUT2D eigenvalue weighted by Crippen LogP contribution is 2.18. The summed E-state index contributed by atoms with van der Waals surface area (Å²) in [5.41, 5.74) is 6.87. The first-order chi connectivity index (χ1) is 15.0. The molecule has 0 aliphatic carbocycles. The molecule has 1 heterocycles. The predicted molar refractivity (Wildman–Crippen MR) is 126 cm³/mol. The smallest absolute Gasteiger partial charge is 0.250 e. The number of hydrogen-bond donors (Lipinski definition) is 2. The van der Waals surface area contributed by atoms with Gasteiger partial charge in [-0.05, 0) is 31.5 Å². The molecule has 3 aromatic rings. The lowest BCUT2D eigenvalue weighted by molar-refractivity contribution is -0.118. The van der Waals surface area contributed by atoms with Crippen LogP contribution < -0.4 is 10.7 Å². The lowest BCUT2D eigenvalue weighted by Crippen LogP contribution is -2.20. The highest BCUT2D eigenvalue weighted by atomic mass is 32.2. The highest BCUT2D eigenvalue weighted by Gasteiger charge is 2.13. The maximum atomic E-state index is 12.1. The Morgan fingerprint density at radius 1 is 1.10 bits per heavy atom. The van der Waals surface area contributed by atoms with Crippen LogP contribution in [-0.2, 0) is 17.9 Å². The number of nitrogens with zero attached hydrogens (tertiary/aromatic N) is 4. The molecule has 0 radical (unpaired) electrons. The number of aryl methyl sites for hydroxylation is 2. The third kappa shape index (κ3) is 6.82. The van der Waals surface area contributed by atoms with Crippen LogP contribution in [0.4, 0.5) is 5.69 Å². The molecule has 0 spiro atoms. The Bertz CT molecular complexity index is 1040. The molecule has 0 aliphatic heterocycles. The number of aromatic nitrogens is 3. The summed E-state index contributed by atoms with van der Waals surface area (Å²) in [6.45, 7) is 8.98. The standard InChI is InChI=1S/C23H26N6OS/c1-4-13-29-21(15-24-20-11-7-18(3)8-12-20)26-28-23(29)31-16-22(30)27-25-14-19-9-5-17(2)6-10-19/h4-12,14,24H,1,13,15-16H2,2-3H3,(H,27,30)/b25-14+. The molecule has 0 saturated heterocycles. The number of carbonyl (C=O) groups is 1. The second-order valence-electron chi connectivity index (χ2n) is 7.01. The zero-order chi connectivity index (χ0) is 22.1. The van der Waals surface area contributed by atoms with Gasteiger partial charge in [0, 0.05) is 12.2 Å². The van der Waals surface area contributed by atoms with Gasteiger partial charge in [-0.1, -0.05) is 65.4 Å². The van der Waals surface area contributed by atoms with Crippen LogP contribution in [0.1, 0.15) is 22.5 Å². The third-order valence-electron chi connectivity index (χ3n) is 4.42.